The van der Waals surface area contributed by atoms with Gasteiger partial charge in [-0.25, -0.2) is 4.79 Å². The molecule has 1 aromatic carbocycles. The lowest BCUT2D eigenvalue weighted by Crippen LogP contribution is -2.51. The van der Waals surface area contributed by atoms with E-state index in [9.17, 15) is 14.4 Å². The van der Waals surface area contributed by atoms with Gasteiger partial charge in [0.15, 0.2) is 0 Å². The highest BCUT2D eigenvalue weighted by atomic mass is 16.5. The van der Waals surface area contributed by atoms with Gasteiger partial charge in [-0.15, -0.1) is 0 Å². The predicted molar refractivity (Wildman–Crippen MR) is 90.6 cm³/mol. The maximum Gasteiger partial charge on any atom is 0.312 e. The van der Waals surface area contributed by atoms with Crippen molar-refractivity contribution >= 4 is 23.5 Å². The van der Waals surface area contributed by atoms with Crippen LogP contribution in [0.3, 0.4) is 0 Å². The Labute approximate surface area is 145 Å². The summed E-state index contributed by atoms with van der Waals surface area (Å²) in [6.45, 7) is 1.93. The van der Waals surface area contributed by atoms with Crippen LogP contribution in [0.15, 0.2) is 18.2 Å². The van der Waals surface area contributed by atoms with Crippen molar-refractivity contribution in [1.29, 1.82) is 0 Å². The Morgan fingerprint density at radius 3 is 2.36 bits per heavy atom. The first-order chi connectivity index (χ1) is 11.8. The molecule has 1 unspecified atom stereocenters. The average molecular weight is 350 g/mol. The zero-order chi connectivity index (χ0) is 18.6. The van der Waals surface area contributed by atoms with Gasteiger partial charge in [0.2, 0.25) is 11.8 Å². The highest BCUT2D eigenvalue weighted by Crippen LogP contribution is 2.30. The number of ether oxygens (including phenoxy) is 2. The number of carbonyl (C=O) groups excluding carboxylic acids is 3. The second kappa shape index (κ2) is 7.73. The number of nitrogens with zero attached hydrogens (tertiary/aromatic N) is 1. The maximum atomic E-state index is 12.6. The van der Waals surface area contributed by atoms with E-state index in [1.165, 1.54) is 21.1 Å². The Hall–Kier alpha value is -2.97. The molecule has 0 bridgehead atoms. The summed E-state index contributed by atoms with van der Waals surface area (Å²) in [5.41, 5.74) is 5.62. The standard InChI is InChI=1S/C16H22N4O5/c1-9(18-16(17)23)14(21)19-13-4-5-20(15(13)22)10-6-11(24-2)8-12(7-10)25-3/h6-9,13H,4-5H2,1-3H3,(H,19,21)(H3,17,18,23)/t9-,13?/m0/s1. The van der Waals surface area contributed by atoms with E-state index in [0.29, 0.717) is 30.2 Å². The van der Waals surface area contributed by atoms with Gasteiger partial charge in [0.05, 0.1) is 19.9 Å². The number of rotatable bonds is 6. The van der Waals surface area contributed by atoms with E-state index >= 15 is 0 Å². The number of hydrogen-bond acceptors (Lipinski definition) is 5. The largest absolute Gasteiger partial charge is 0.497 e. The summed E-state index contributed by atoms with van der Waals surface area (Å²) in [6.07, 6.45) is 0.452. The van der Waals surface area contributed by atoms with Crippen LogP contribution in [0.25, 0.3) is 0 Å². The first-order valence-corrected chi connectivity index (χ1v) is 7.76. The third-order valence-electron chi connectivity index (χ3n) is 3.92. The minimum absolute atomic E-state index is 0.241. The summed E-state index contributed by atoms with van der Waals surface area (Å²) in [6, 6.07) is 2.87. The van der Waals surface area contributed by atoms with Crippen LogP contribution in [-0.2, 0) is 9.59 Å². The smallest absolute Gasteiger partial charge is 0.312 e. The predicted octanol–water partition coefficient (Wildman–Crippen LogP) is -0.0179. The van der Waals surface area contributed by atoms with Gasteiger partial charge in [-0.1, -0.05) is 0 Å². The Bertz CT molecular complexity index is 656. The second-order valence-electron chi connectivity index (χ2n) is 5.64. The highest BCUT2D eigenvalue weighted by molar-refractivity contribution is 6.02. The molecule has 0 aliphatic carbocycles. The summed E-state index contributed by atoms with van der Waals surface area (Å²) in [7, 11) is 3.06. The number of nitrogens with two attached hydrogens (primary N) is 1. The number of urea groups is 1. The lowest BCUT2D eigenvalue weighted by Gasteiger charge is -2.20. The molecule has 1 aliphatic heterocycles. The first-order valence-electron chi connectivity index (χ1n) is 7.76. The summed E-state index contributed by atoms with van der Waals surface area (Å²) in [5.74, 6) is 0.417. The summed E-state index contributed by atoms with van der Waals surface area (Å²) < 4.78 is 10.4. The van der Waals surface area contributed by atoms with Crippen molar-refractivity contribution in [1.82, 2.24) is 10.6 Å². The monoisotopic (exact) mass is 350 g/mol. The number of hydrogen-bond donors (Lipinski definition) is 3. The van der Waals surface area contributed by atoms with E-state index in [2.05, 4.69) is 10.6 Å². The molecule has 2 atom stereocenters. The van der Waals surface area contributed by atoms with Gasteiger partial charge < -0.3 is 30.7 Å². The maximum absolute atomic E-state index is 12.6. The molecule has 4 amide bonds. The molecule has 1 aliphatic rings. The van der Waals surface area contributed by atoms with Crippen molar-refractivity contribution in [3.05, 3.63) is 18.2 Å². The molecule has 136 valence electrons. The van der Waals surface area contributed by atoms with Crippen molar-refractivity contribution in [3.8, 4) is 11.5 Å². The minimum Gasteiger partial charge on any atom is -0.497 e. The molecule has 1 aromatic rings. The fraction of sp³-hybridized carbons (Fsp3) is 0.438. The Kier molecular flexibility index (Phi) is 5.68. The second-order valence-corrected chi connectivity index (χ2v) is 5.64. The van der Waals surface area contributed by atoms with Crippen LogP contribution in [0.2, 0.25) is 0 Å². The molecular formula is C16H22N4O5. The van der Waals surface area contributed by atoms with Crippen molar-refractivity contribution in [2.45, 2.75) is 25.4 Å². The molecule has 0 aromatic heterocycles. The number of primary amides is 1. The first kappa shape index (κ1) is 18.4. The van der Waals surface area contributed by atoms with Gasteiger partial charge in [-0.3, -0.25) is 9.59 Å². The van der Waals surface area contributed by atoms with Crippen molar-refractivity contribution in [2.24, 2.45) is 5.73 Å². The number of amides is 4. The number of carbonyl (C=O) groups is 3. The third-order valence-corrected chi connectivity index (χ3v) is 3.92. The highest BCUT2D eigenvalue weighted by Gasteiger charge is 2.34. The molecule has 1 saturated heterocycles. The fourth-order valence-electron chi connectivity index (χ4n) is 2.59. The SMILES string of the molecule is COc1cc(OC)cc(N2CCC(NC(=O)[C@H](C)NC(N)=O)C2=O)c1. The van der Waals surface area contributed by atoms with E-state index in [4.69, 9.17) is 15.2 Å². The number of methoxy groups -OCH3 is 2. The van der Waals surface area contributed by atoms with Crippen LogP contribution in [0, 0.1) is 0 Å². The van der Waals surface area contributed by atoms with Crippen LogP contribution in [0.4, 0.5) is 10.5 Å². The van der Waals surface area contributed by atoms with E-state index < -0.39 is 24.0 Å². The van der Waals surface area contributed by atoms with Gasteiger partial charge in [0, 0.05) is 24.7 Å². The molecule has 0 saturated carbocycles. The fourth-order valence-corrected chi connectivity index (χ4v) is 2.59. The van der Waals surface area contributed by atoms with E-state index in [1.807, 2.05) is 0 Å². The molecule has 0 spiro atoms. The van der Waals surface area contributed by atoms with Gasteiger partial charge in [-0.05, 0) is 13.3 Å². The van der Waals surface area contributed by atoms with E-state index in [0.717, 1.165) is 0 Å². The van der Waals surface area contributed by atoms with Gasteiger partial charge in [0.25, 0.3) is 0 Å². The van der Waals surface area contributed by atoms with Crippen molar-refractivity contribution < 1.29 is 23.9 Å². The molecule has 9 heteroatoms. The summed E-state index contributed by atoms with van der Waals surface area (Å²) in [4.78, 5) is 37.0. The zero-order valence-corrected chi connectivity index (χ0v) is 14.4. The lowest BCUT2D eigenvalue weighted by molar-refractivity contribution is -0.127. The molecule has 4 N–H and O–H groups in total. The van der Waals surface area contributed by atoms with Gasteiger partial charge in [-0.2, -0.15) is 0 Å². The summed E-state index contributed by atoms with van der Waals surface area (Å²) in [5, 5.41) is 4.90. The van der Waals surface area contributed by atoms with E-state index in [-0.39, 0.29) is 5.91 Å². The van der Waals surface area contributed by atoms with Crippen LogP contribution in [0.5, 0.6) is 11.5 Å². The molecule has 25 heavy (non-hydrogen) atoms. The van der Waals surface area contributed by atoms with Crippen LogP contribution < -0.4 is 30.7 Å². The van der Waals surface area contributed by atoms with Crippen molar-refractivity contribution in [3.63, 3.8) is 0 Å². The van der Waals surface area contributed by atoms with Gasteiger partial charge in [0.1, 0.15) is 23.6 Å². The number of nitrogens with one attached hydrogen (secondary N) is 2. The normalized spacial score (nSPS) is 17.8. The summed E-state index contributed by atoms with van der Waals surface area (Å²) >= 11 is 0. The van der Waals surface area contributed by atoms with Crippen LogP contribution in [0.1, 0.15) is 13.3 Å². The molecule has 1 heterocycles. The van der Waals surface area contributed by atoms with Crippen molar-refractivity contribution in [2.75, 3.05) is 25.7 Å². The van der Waals surface area contributed by atoms with Gasteiger partial charge >= 0.3 is 6.03 Å². The Morgan fingerprint density at radius 2 is 1.84 bits per heavy atom. The third kappa shape index (κ3) is 4.31. The average Bonchev–Trinajstić information content (AvgIpc) is 2.94. The van der Waals surface area contributed by atoms with E-state index in [1.54, 1.807) is 23.1 Å². The molecule has 0 radical (unpaired) electrons. The van der Waals surface area contributed by atoms with Crippen LogP contribution in [-0.4, -0.2) is 50.7 Å². The molecule has 2 rings (SSSR count). The Morgan fingerprint density at radius 1 is 1.24 bits per heavy atom. The molecular weight excluding hydrogens is 328 g/mol. The molecule has 9 nitrogen and oxygen atoms in total. The number of benzene rings is 1. The number of anilines is 1. The Balaban J connectivity index is 2.09. The zero-order valence-electron chi connectivity index (χ0n) is 14.4. The van der Waals surface area contributed by atoms with Crippen LogP contribution >= 0.6 is 0 Å². The molecule has 1 fully saturated rings. The quantitative estimate of drug-likeness (QED) is 0.665. The lowest BCUT2D eigenvalue weighted by atomic mass is 10.2. The topological polar surface area (TPSA) is 123 Å². The minimum atomic E-state index is -0.823.